The predicted molar refractivity (Wildman–Crippen MR) is 89.7 cm³/mol. The van der Waals surface area contributed by atoms with E-state index in [1.165, 1.54) is 16.8 Å². The number of nitrogens with two attached hydrogens (primary N) is 1. The van der Waals surface area contributed by atoms with Crippen molar-refractivity contribution in [2.24, 2.45) is 5.73 Å². The first-order valence-electron chi connectivity index (χ1n) is 7.51. The Balaban J connectivity index is 2.77. The lowest BCUT2D eigenvalue weighted by atomic mass is 9.95. The molecule has 1 aromatic rings. The van der Waals surface area contributed by atoms with Gasteiger partial charge in [-0.2, -0.15) is 0 Å². The molecule has 118 valence electrons. The third-order valence-electron chi connectivity index (χ3n) is 3.75. The maximum absolute atomic E-state index is 11.8. The maximum atomic E-state index is 11.8. The molecule has 21 heavy (non-hydrogen) atoms. The lowest BCUT2D eigenvalue weighted by Crippen LogP contribution is -2.56. The number of amides is 1. The van der Waals surface area contributed by atoms with E-state index in [9.17, 15) is 4.79 Å². The van der Waals surface area contributed by atoms with Crippen LogP contribution in [0.5, 0.6) is 0 Å². The van der Waals surface area contributed by atoms with Gasteiger partial charge in [-0.1, -0.05) is 6.07 Å². The van der Waals surface area contributed by atoms with Crippen molar-refractivity contribution in [2.45, 2.75) is 52.6 Å². The van der Waals surface area contributed by atoms with Gasteiger partial charge in [0.25, 0.3) is 0 Å². The van der Waals surface area contributed by atoms with Gasteiger partial charge in [0.2, 0.25) is 5.91 Å². The fourth-order valence-corrected chi connectivity index (χ4v) is 2.60. The molecule has 1 atom stereocenters. The summed E-state index contributed by atoms with van der Waals surface area (Å²) in [4.78, 5) is 13.9. The molecule has 0 radical (unpaired) electrons. The monoisotopic (exact) mass is 291 g/mol. The summed E-state index contributed by atoms with van der Waals surface area (Å²) in [6, 6.07) is 6.69. The van der Waals surface area contributed by atoms with Gasteiger partial charge in [-0.3, -0.25) is 4.79 Å². The van der Waals surface area contributed by atoms with Crippen molar-refractivity contribution in [2.75, 3.05) is 18.5 Å². The van der Waals surface area contributed by atoms with E-state index in [2.05, 4.69) is 42.3 Å². The van der Waals surface area contributed by atoms with Crippen LogP contribution in [-0.4, -0.2) is 31.1 Å². The molecule has 0 bridgehead atoms. The summed E-state index contributed by atoms with van der Waals surface area (Å²) >= 11 is 0. The van der Waals surface area contributed by atoms with Crippen molar-refractivity contribution in [1.29, 1.82) is 0 Å². The largest absolute Gasteiger partial charge is 0.374 e. The molecule has 0 fully saturated rings. The Morgan fingerprint density at radius 1 is 1.29 bits per heavy atom. The van der Waals surface area contributed by atoms with Crippen LogP contribution in [0.25, 0.3) is 0 Å². The Bertz CT molecular complexity index is 479. The second kappa shape index (κ2) is 6.94. The molecule has 0 spiro atoms. The molecule has 0 heterocycles. The minimum absolute atomic E-state index is 0.217. The Morgan fingerprint density at radius 3 is 2.24 bits per heavy atom. The van der Waals surface area contributed by atoms with Gasteiger partial charge in [-0.25, -0.2) is 0 Å². The molecule has 4 heteroatoms. The smallest absolute Gasteiger partial charge is 0.237 e. The highest BCUT2D eigenvalue weighted by molar-refractivity contribution is 5.84. The van der Waals surface area contributed by atoms with E-state index >= 15 is 0 Å². The standard InChI is InChI=1S/C17H29N3O/c1-12(2)19-17(5,16(18)21)7-8-20(6)15-10-13(3)9-14(4)11-15/h9-12,19H,7-8H2,1-6H3,(H2,18,21). The Hall–Kier alpha value is -1.55. The molecule has 0 aliphatic heterocycles. The van der Waals surface area contributed by atoms with E-state index < -0.39 is 5.54 Å². The number of hydrogen-bond acceptors (Lipinski definition) is 3. The minimum Gasteiger partial charge on any atom is -0.374 e. The molecule has 3 N–H and O–H groups in total. The van der Waals surface area contributed by atoms with Crippen LogP contribution >= 0.6 is 0 Å². The van der Waals surface area contributed by atoms with Crippen molar-refractivity contribution in [1.82, 2.24) is 5.32 Å². The van der Waals surface area contributed by atoms with Crippen LogP contribution in [0.4, 0.5) is 5.69 Å². The SMILES string of the molecule is Cc1cc(C)cc(N(C)CCC(C)(NC(C)C)C(N)=O)c1. The van der Waals surface area contributed by atoms with Crippen LogP contribution in [0.3, 0.4) is 0 Å². The highest BCUT2D eigenvalue weighted by Gasteiger charge is 2.31. The molecule has 4 nitrogen and oxygen atoms in total. The van der Waals surface area contributed by atoms with E-state index in [4.69, 9.17) is 5.73 Å². The molecule has 0 aliphatic rings. The van der Waals surface area contributed by atoms with E-state index in [0.717, 1.165) is 6.54 Å². The second-order valence-electron chi connectivity index (χ2n) is 6.51. The minimum atomic E-state index is -0.679. The number of carbonyl (C=O) groups is 1. The average Bonchev–Trinajstić information content (AvgIpc) is 2.33. The first-order chi connectivity index (χ1) is 9.64. The molecule has 0 aliphatic carbocycles. The number of benzene rings is 1. The van der Waals surface area contributed by atoms with E-state index in [1.54, 1.807) is 0 Å². The van der Waals surface area contributed by atoms with Crippen molar-refractivity contribution < 1.29 is 4.79 Å². The number of nitrogens with one attached hydrogen (secondary N) is 1. The summed E-state index contributed by atoms with van der Waals surface area (Å²) in [6.45, 7) is 10.9. The van der Waals surface area contributed by atoms with Crippen molar-refractivity contribution >= 4 is 11.6 Å². The number of rotatable bonds is 7. The zero-order chi connectivity index (χ0) is 16.2. The van der Waals surface area contributed by atoms with Gasteiger partial charge in [0, 0.05) is 25.3 Å². The number of hydrogen-bond donors (Lipinski definition) is 2. The highest BCUT2D eigenvalue weighted by Crippen LogP contribution is 2.19. The molecular formula is C17H29N3O. The lowest BCUT2D eigenvalue weighted by molar-refractivity contribution is -0.124. The van der Waals surface area contributed by atoms with Crippen molar-refractivity contribution in [3.05, 3.63) is 29.3 Å². The van der Waals surface area contributed by atoms with E-state index in [0.29, 0.717) is 6.42 Å². The summed E-state index contributed by atoms with van der Waals surface area (Å²) in [5, 5.41) is 3.28. The van der Waals surface area contributed by atoms with Crippen LogP contribution in [-0.2, 0) is 4.79 Å². The third kappa shape index (κ3) is 5.05. The molecule has 0 saturated heterocycles. The second-order valence-corrected chi connectivity index (χ2v) is 6.51. The van der Waals surface area contributed by atoms with Crippen LogP contribution in [0.2, 0.25) is 0 Å². The normalized spacial score (nSPS) is 14.0. The summed E-state index contributed by atoms with van der Waals surface area (Å²) in [6.07, 6.45) is 0.671. The zero-order valence-corrected chi connectivity index (χ0v) is 14.2. The van der Waals surface area contributed by atoms with Gasteiger partial charge in [-0.05, 0) is 64.3 Å². The van der Waals surface area contributed by atoms with Crippen LogP contribution in [0.15, 0.2) is 18.2 Å². The Kier molecular flexibility index (Phi) is 5.78. The molecule has 1 rings (SSSR count). The van der Waals surface area contributed by atoms with E-state index in [-0.39, 0.29) is 11.9 Å². The van der Waals surface area contributed by atoms with Gasteiger partial charge in [-0.15, -0.1) is 0 Å². The molecule has 0 saturated carbocycles. The van der Waals surface area contributed by atoms with Gasteiger partial charge < -0.3 is 16.0 Å². The fraction of sp³-hybridized carbons (Fsp3) is 0.588. The van der Waals surface area contributed by atoms with Gasteiger partial charge in [0.1, 0.15) is 0 Å². The van der Waals surface area contributed by atoms with Gasteiger partial charge >= 0.3 is 0 Å². The number of primary amides is 1. The summed E-state index contributed by atoms with van der Waals surface area (Å²) in [5.74, 6) is -0.301. The first kappa shape index (κ1) is 17.5. The Labute approximate surface area is 128 Å². The quantitative estimate of drug-likeness (QED) is 0.811. The fourth-order valence-electron chi connectivity index (χ4n) is 2.60. The van der Waals surface area contributed by atoms with Crippen molar-refractivity contribution in [3.8, 4) is 0 Å². The van der Waals surface area contributed by atoms with Crippen LogP contribution in [0.1, 0.15) is 38.3 Å². The van der Waals surface area contributed by atoms with Gasteiger partial charge in [0.15, 0.2) is 0 Å². The topological polar surface area (TPSA) is 58.4 Å². The summed E-state index contributed by atoms with van der Waals surface area (Å²) < 4.78 is 0. The first-order valence-corrected chi connectivity index (χ1v) is 7.51. The Morgan fingerprint density at radius 2 is 1.81 bits per heavy atom. The zero-order valence-electron chi connectivity index (χ0n) is 14.2. The van der Waals surface area contributed by atoms with Crippen LogP contribution < -0.4 is 16.0 Å². The molecule has 0 aromatic heterocycles. The van der Waals surface area contributed by atoms with Crippen molar-refractivity contribution in [3.63, 3.8) is 0 Å². The molecule has 1 aromatic carbocycles. The molecule has 1 amide bonds. The number of anilines is 1. The highest BCUT2D eigenvalue weighted by atomic mass is 16.1. The third-order valence-corrected chi connectivity index (χ3v) is 3.75. The van der Waals surface area contributed by atoms with Crippen LogP contribution in [0, 0.1) is 13.8 Å². The van der Waals surface area contributed by atoms with E-state index in [1.807, 2.05) is 27.8 Å². The predicted octanol–water partition coefficient (Wildman–Crippen LogP) is 2.37. The summed E-state index contributed by atoms with van der Waals surface area (Å²) in [5.41, 5.74) is 8.55. The average molecular weight is 291 g/mol. The van der Waals surface area contributed by atoms with Gasteiger partial charge in [0.05, 0.1) is 5.54 Å². The number of carbonyl (C=O) groups excluding carboxylic acids is 1. The summed E-state index contributed by atoms with van der Waals surface area (Å²) in [7, 11) is 2.05. The number of aryl methyl sites for hydroxylation is 2. The lowest BCUT2D eigenvalue weighted by Gasteiger charge is -2.32. The molecular weight excluding hydrogens is 262 g/mol. The number of nitrogens with zero attached hydrogens (tertiary/aromatic N) is 1. The maximum Gasteiger partial charge on any atom is 0.237 e. The molecule has 1 unspecified atom stereocenters.